The lowest BCUT2D eigenvalue weighted by Gasteiger charge is -2.29. The van der Waals surface area contributed by atoms with Crippen LogP contribution in [0.1, 0.15) is 33.6 Å². The maximum atomic E-state index is 12.3. The minimum atomic E-state index is -0.460. The molecule has 1 N–H and O–H groups in total. The highest BCUT2D eigenvalue weighted by atomic mass is 79.9. The molecule has 5 nitrogen and oxygen atoms in total. The van der Waals surface area contributed by atoms with E-state index in [1.165, 1.54) is 0 Å². The van der Waals surface area contributed by atoms with Gasteiger partial charge in [-0.25, -0.2) is 4.79 Å². The zero-order chi connectivity index (χ0) is 17.0. The zero-order valence-electron chi connectivity index (χ0n) is 14.2. The standard InChI is InChI=1S/C17H25BrN2O3/c1-17(2,3)23-16(21)20-9-5-6-13(20)11-19-12-7-8-15(22-4)14(18)10-12/h7-8,10,13,19H,5-6,9,11H2,1-4H3. The topological polar surface area (TPSA) is 50.8 Å². The second-order valence-electron chi connectivity index (χ2n) is 6.70. The molecule has 1 heterocycles. The van der Waals surface area contributed by atoms with Crippen molar-refractivity contribution in [2.45, 2.75) is 45.3 Å². The summed E-state index contributed by atoms with van der Waals surface area (Å²) >= 11 is 3.48. The van der Waals surface area contributed by atoms with Gasteiger partial charge in [0.25, 0.3) is 0 Å². The normalized spacial score (nSPS) is 18.0. The average Bonchev–Trinajstić information content (AvgIpc) is 2.92. The van der Waals surface area contributed by atoms with Gasteiger partial charge in [0.2, 0.25) is 0 Å². The summed E-state index contributed by atoms with van der Waals surface area (Å²) in [6.45, 7) is 7.14. The first-order valence-corrected chi connectivity index (χ1v) is 8.66. The SMILES string of the molecule is COc1ccc(NCC2CCCN2C(=O)OC(C)(C)C)cc1Br. The van der Waals surface area contributed by atoms with Gasteiger partial charge in [0.05, 0.1) is 17.6 Å². The van der Waals surface area contributed by atoms with E-state index in [0.29, 0.717) is 6.54 Å². The summed E-state index contributed by atoms with van der Waals surface area (Å²) in [5, 5.41) is 3.39. The first kappa shape index (κ1) is 17.9. The third kappa shape index (κ3) is 5.03. The first-order chi connectivity index (χ1) is 10.8. The summed E-state index contributed by atoms with van der Waals surface area (Å²) in [6, 6.07) is 6.01. The highest BCUT2D eigenvalue weighted by molar-refractivity contribution is 9.10. The minimum absolute atomic E-state index is 0.158. The fourth-order valence-corrected chi connectivity index (χ4v) is 3.16. The molecule has 1 amide bonds. The summed E-state index contributed by atoms with van der Waals surface area (Å²) in [6.07, 6.45) is 1.78. The molecule has 0 radical (unpaired) electrons. The Labute approximate surface area is 146 Å². The fraction of sp³-hybridized carbons (Fsp3) is 0.588. The van der Waals surface area contributed by atoms with E-state index in [1.807, 2.05) is 43.9 Å². The predicted octanol–water partition coefficient (Wildman–Crippen LogP) is 4.27. The van der Waals surface area contributed by atoms with Crippen LogP contribution in [0.15, 0.2) is 22.7 Å². The molecular formula is C17H25BrN2O3. The van der Waals surface area contributed by atoms with Crippen LogP contribution in [0.2, 0.25) is 0 Å². The second kappa shape index (κ2) is 7.43. The number of nitrogens with one attached hydrogen (secondary N) is 1. The van der Waals surface area contributed by atoms with Crippen LogP contribution >= 0.6 is 15.9 Å². The molecule has 1 aromatic rings. The van der Waals surface area contributed by atoms with Crippen molar-refractivity contribution in [3.63, 3.8) is 0 Å². The number of benzene rings is 1. The number of halogens is 1. The lowest BCUT2D eigenvalue weighted by atomic mass is 10.2. The summed E-state index contributed by atoms with van der Waals surface area (Å²) in [4.78, 5) is 14.1. The quantitative estimate of drug-likeness (QED) is 0.841. The van der Waals surface area contributed by atoms with Gasteiger partial charge in [-0.2, -0.15) is 0 Å². The van der Waals surface area contributed by atoms with Crippen molar-refractivity contribution >= 4 is 27.7 Å². The van der Waals surface area contributed by atoms with Crippen LogP contribution in [0.25, 0.3) is 0 Å². The maximum absolute atomic E-state index is 12.3. The van der Waals surface area contributed by atoms with Crippen molar-refractivity contribution in [1.29, 1.82) is 0 Å². The van der Waals surface area contributed by atoms with E-state index in [-0.39, 0.29) is 12.1 Å². The van der Waals surface area contributed by atoms with Crippen LogP contribution in [0, 0.1) is 0 Å². The average molecular weight is 385 g/mol. The van der Waals surface area contributed by atoms with Gasteiger partial charge in [-0.05, 0) is 67.7 Å². The summed E-state index contributed by atoms with van der Waals surface area (Å²) < 4.78 is 11.6. The van der Waals surface area contributed by atoms with Gasteiger partial charge in [0.15, 0.2) is 0 Å². The molecule has 1 saturated heterocycles. The van der Waals surface area contributed by atoms with Crippen LogP contribution in [-0.2, 0) is 4.74 Å². The molecule has 1 fully saturated rings. The van der Waals surface area contributed by atoms with E-state index in [9.17, 15) is 4.79 Å². The molecule has 2 rings (SSSR count). The number of rotatable bonds is 4. The van der Waals surface area contributed by atoms with Gasteiger partial charge in [0.1, 0.15) is 11.4 Å². The number of nitrogens with zero attached hydrogens (tertiary/aromatic N) is 1. The number of hydrogen-bond acceptors (Lipinski definition) is 4. The number of amides is 1. The number of ether oxygens (including phenoxy) is 2. The highest BCUT2D eigenvalue weighted by Gasteiger charge is 2.31. The Hall–Kier alpha value is -1.43. The van der Waals surface area contributed by atoms with Crippen LogP contribution < -0.4 is 10.1 Å². The second-order valence-corrected chi connectivity index (χ2v) is 7.55. The van der Waals surface area contributed by atoms with E-state index in [1.54, 1.807) is 7.11 Å². The molecule has 0 aromatic heterocycles. The van der Waals surface area contributed by atoms with Crippen molar-refractivity contribution < 1.29 is 14.3 Å². The van der Waals surface area contributed by atoms with Crippen molar-refractivity contribution in [1.82, 2.24) is 4.90 Å². The molecule has 1 aliphatic heterocycles. The van der Waals surface area contributed by atoms with E-state index in [2.05, 4.69) is 21.2 Å². The minimum Gasteiger partial charge on any atom is -0.496 e. The van der Waals surface area contributed by atoms with E-state index in [0.717, 1.165) is 35.3 Å². The van der Waals surface area contributed by atoms with E-state index >= 15 is 0 Å². The summed E-state index contributed by atoms with van der Waals surface area (Å²) in [5.74, 6) is 0.798. The van der Waals surface area contributed by atoms with Crippen LogP contribution in [0.4, 0.5) is 10.5 Å². The summed E-state index contributed by atoms with van der Waals surface area (Å²) in [7, 11) is 1.64. The van der Waals surface area contributed by atoms with E-state index in [4.69, 9.17) is 9.47 Å². The predicted molar refractivity (Wildman–Crippen MR) is 95.1 cm³/mol. The fourth-order valence-electron chi connectivity index (χ4n) is 2.62. The van der Waals surface area contributed by atoms with Crippen LogP contribution in [-0.4, -0.2) is 42.8 Å². The molecule has 1 aliphatic rings. The largest absolute Gasteiger partial charge is 0.496 e. The van der Waals surface area contributed by atoms with Crippen LogP contribution in [0.3, 0.4) is 0 Å². The van der Waals surface area contributed by atoms with Crippen molar-refractivity contribution in [2.75, 3.05) is 25.5 Å². The summed E-state index contributed by atoms with van der Waals surface area (Å²) in [5.41, 5.74) is 0.534. The molecule has 1 unspecified atom stereocenters. The molecule has 23 heavy (non-hydrogen) atoms. The molecule has 128 valence electrons. The lowest BCUT2D eigenvalue weighted by Crippen LogP contribution is -2.42. The van der Waals surface area contributed by atoms with Gasteiger partial charge in [-0.15, -0.1) is 0 Å². The third-order valence-electron chi connectivity index (χ3n) is 3.70. The maximum Gasteiger partial charge on any atom is 0.410 e. The number of carbonyl (C=O) groups is 1. The molecule has 0 aliphatic carbocycles. The van der Waals surface area contributed by atoms with Crippen molar-refractivity contribution in [3.05, 3.63) is 22.7 Å². The smallest absolute Gasteiger partial charge is 0.410 e. The van der Waals surface area contributed by atoms with Crippen molar-refractivity contribution in [3.8, 4) is 5.75 Å². The van der Waals surface area contributed by atoms with Crippen LogP contribution in [0.5, 0.6) is 5.75 Å². The Morgan fingerprint density at radius 2 is 2.17 bits per heavy atom. The van der Waals surface area contributed by atoms with Crippen molar-refractivity contribution in [2.24, 2.45) is 0 Å². The molecule has 1 aromatic carbocycles. The highest BCUT2D eigenvalue weighted by Crippen LogP contribution is 2.28. The Bertz CT molecular complexity index is 557. The number of anilines is 1. The van der Waals surface area contributed by atoms with Gasteiger partial charge in [-0.3, -0.25) is 0 Å². The molecule has 0 saturated carbocycles. The zero-order valence-corrected chi connectivity index (χ0v) is 15.8. The first-order valence-electron chi connectivity index (χ1n) is 7.87. The Morgan fingerprint density at radius 1 is 1.43 bits per heavy atom. The van der Waals surface area contributed by atoms with Gasteiger partial charge in [0, 0.05) is 18.8 Å². The molecular weight excluding hydrogens is 360 g/mol. The Balaban J connectivity index is 1.94. The number of hydrogen-bond donors (Lipinski definition) is 1. The Morgan fingerprint density at radius 3 is 2.78 bits per heavy atom. The lowest BCUT2D eigenvalue weighted by molar-refractivity contribution is 0.0235. The molecule has 0 spiro atoms. The van der Waals surface area contributed by atoms with Gasteiger partial charge in [-0.1, -0.05) is 0 Å². The van der Waals surface area contributed by atoms with Gasteiger partial charge >= 0.3 is 6.09 Å². The monoisotopic (exact) mass is 384 g/mol. The number of methoxy groups -OCH3 is 1. The van der Waals surface area contributed by atoms with Gasteiger partial charge < -0.3 is 19.7 Å². The third-order valence-corrected chi connectivity index (χ3v) is 4.32. The molecule has 1 atom stereocenters. The number of carbonyl (C=O) groups excluding carboxylic acids is 1. The number of likely N-dealkylation sites (tertiary alicyclic amines) is 1. The molecule has 6 heteroatoms. The molecule has 0 bridgehead atoms. The Kier molecular flexibility index (Phi) is 5.79. The van der Waals surface area contributed by atoms with E-state index < -0.39 is 5.60 Å².